The molecule has 32 heavy (non-hydrogen) atoms. The SMILES string of the molecule is O=C(c1cccc(Cn2cccn2)c1)N1CC[C@@]23O[C@H](c4ccccc4)CN2C(=O)C[C@@H]13. The van der Waals surface area contributed by atoms with Crippen LogP contribution in [0.5, 0.6) is 0 Å². The lowest BCUT2D eigenvalue weighted by Crippen LogP contribution is -2.48. The van der Waals surface area contributed by atoms with Crippen molar-refractivity contribution in [3.8, 4) is 0 Å². The zero-order chi connectivity index (χ0) is 21.7. The van der Waals surface area contributed by atoms with Crippen LogP contribution in [0.25, 0.3) is 0 Å². The Morgan fingerprint density at radius 1 is 1.12 bits per heavy atom. The first-order chi connectivity index (χ1) is 15.6. The van der Waals surface area contributed by atoms with Crippen molar-refractivity contribution >= 4 is 11.8 Å². The molecule has 0 saturated carbocycles. The molecule has 3 aliphatic heterocycles. The lowest BCUT2D eigenvalue weighted by Gasteiger charge is -2.32. The van der Waals surface area contributed by atoms with Crippen molar-refractivity contribution in [3.63, 3.8) is 0 Å². The maximum Gasteiger partial charge on any atom is 0.254 e. The van der Waals surface area contributed by atoms with E-state index in [2.05, 4.69) is 5.10 Å². The van der Waals surface area contributed by atoms with Crippen LogP contribution in [0, 0.1) is 0 Å². The van der Waals surface area contributed by atoms with Crippen LogP contribution in [0.4, 0.5) is 0 Å². The second-order valence-corrected chi connectivity index (χ2v) is 8.74. The number of likely N-dealkylation sites (tertiary alicyclic amines) is 1. The fourth-order valence-electron chi connectivity index (χ4n) is 5.46. The lowest BCUT2D eigenvalue weighted by atomic mass is 10.0. The molecule has 1 spiro atoms. The summed E-state index contributed by atoms with van der Waals surface area (Å²) in [7, 11) is 0. The van der Waals surface area contributed by atoms with Gasteiger partial charge in [0.15, 0.2) is 5.72 Å². The lowest BCUT2D eigenvalue weighted by molar-refractivity contribution is -0.138. The van der Waals surface area contributed by atoms with E-state index in [9.17, 15) is 9.59 Å². The van der Waals surface area contributed by atoms with Crippen LogP contribution < -0.4 is 0 Å². The van der Waals surface area contributed by atoms with Crippen molar-refractivity contribution in [2.75, 3.05) is 13.1 Å². The van der Waals surface area contributed by atoms with Crippen LogP contribution in [-0.2, 0) is 16.1 Å². The number of carbonyl (C=O) groups is 2. The van der Waals surface area contributed by atoms with Gasteiger partial charge in [-0.3, -0.25) is 14.3 Å². The highest BCUT2D eigenvalue weighted by atomic mass is 16.5. The number of ether oxygens (including phenoxy) is 1. The monoisotopic (exact) mass is 428 g/mol. The van der Waals surface area contributed by atoms with Gasteiger partial charge in [-0.25, -0.2) is 0 Å². The third kappa shape index (κ3) is 2.96. The molecule has 2 aromatic carbocycles. The van der Waals surface area contributed by atoms with Gasteiger partial charge >= 0.3 is 0 Å². The fourth-order valence-corrected chi connectivity index (χ4v) is 5.46. The number of hydrogen-bond donors (Lipinski definition) is 0. The van der Waals surface area contributed by atoms with Crippen LogP contribution in [0.2, 0.25) is 0 Å². The van der Waals surface area contributed by atoms with E-state index in [0.717, 1.165) is 11.1 Å². The van der Waals surface area contributed by atoms with Crippen molar-refractivity contribution in [3.05, 3.63) is 89.7 Å². The summed E-state index contributed by atoms with van der Waals surface area (Å²) in [6, 6.07) is 19.3. The van der Waals surface area contributed by atoms with E-state index in [1.807, 2.05) is 81.3 Å². The van der Waals surface area contributed by atoms with E-state index < -0.39 is 5.72 Å². The summed E-state index contributed by atoms with van der Waals surface area (Å²) >= 11 is 0. The molecule has 7 nitrogen and oxygen atoms in total. The predicted octanol–water partition coefficient (Wildman–Crippen LogP) is 2.85. The first-order valence-electron chi connectivity index (χ1n) is 11.0. The van der Waals surface area contributed by atoms with Gasteiger partial charge in [-0.15, -0.1) is 0 Å². The highest BCUT2D eigenvalue weighted by molar-refractivity contribution is 5.96. The fraction of sp³-hybridized carbons (Fsp3) is 0.320. The Morgan fingerprint density at radius 2 is 2.00 bits per heavy atom. The average molecular weight is 428 g/mol. The molecular weight excluding hydrogens is 404 g/mol. The quantitative estimate of drug-likeness (QED) is 0.641. The molecule has 7 heteroatoms. The molecular formula is C25H24N4O3. The first kappa shape index (κ1) is 19.3. The van der Waals surface area contributed by atoms with Crippen LogP contribution in [0.3, 0.4) is 0 Å². The summed E-state index contributed by atoms with van der Waals surface area (Å²) in [6.07, 6.45) is 4.45. The minimum Gasteiger partial charge on any atom is -0.343 e. The second kappa shape index (κ2) is 7.31. The maximum absolute atomic E-state index is 13.5. The normalized spacial score (nSPS) is 26.4. The summed E-state index contributed by atoms with van der Waals surface area (Å²) in [5, 5.41) is 4.24. The predicted molar refractivity (Wildman–Crippen MR) is 117 cm³/mol. The molecule has 0 aliphatic carbocycles. The number of rotatable bonds is 4. The van der Waals surface area contributed by atoms with Crippen LogP contribution in [0.15, 0.2) is 73.1 Å². The Morgan fingerprint density at radius 3 is 2.81 bits per heavy atom. The van der Waals surface area contributed by atoms with Gasteiger partial charge < -0.3 is 14.5 Å². The molecule has 1 aromatic heterocycles. The highest BCUT2D eigenvalue weighted by Gasteiger charge is 2.65. The van der Waals surface area contributed by atoms with E-state index in [4.69, 9.17) is 4.74 Å². The van der Waals surface area contributed by atoms with Gasteiger partial charge in [-0.2, -0.15) is 5.10 Å². The summed E-state index contributed by atoms with van der Waals surface area (Å²) in [5.74, 6) is 0.0222. The number of carbonyl (C=O) groups excluding carboxylic acids is 2. The van der Waals surface area contributed by atoms with Crippen molar-refractivity contribution < 1.29 is 14.3 Å². The van der Waals surface area contributed by atoms with Crippen molar-refractivity contribution in [2.24, 2.45) is 0 Å². The standard InChI is InChI=1S/C25H24N4O3/c30-23-15-22-25(29(23)17-21(32-25)19-7-2-1-3-8-19)10-13-28(22)24(31)20-9-4-6-18(14-20)16-27-12-5-11-26-27/h1-9,11-12,14,21-22H,10,13,15-17H2/t21-,22+,25-/m0/s1. The summed E-state index contributed by atoms with van der Waals surface area (Å²) < 4.78 is 8.39. The van der Waals surface area contributed by atoms with Crippen molar-refractivity contribution in [1.29, 1.82) is 0 Å². The minimum atomic E-state index is -0.708. The summed E-state index contributed by atoms with van der Waals surface area (Å²) in [4.78, 5) is 30.1. The molecule has 2 amide bonds. The van der Waals surface area contributed by atoms with Crippen LogP contribution >= 0.6 is 0 Å². The summed E-state index contributed by atoms with van der Waals surface area (Å²) in [6.45, 7) is 1.73. The molecule has 0 unspecified atom stereocenters. The number of nitrogens with zero attached hydrogens (tertiary/aromatic N) is 4. The Hall–Kier alpha value is -3.45. The molecule has 3 atom stereocenters. The van der Waals surface area contributed by atoms with Crippen LogP contribution in [-0.4, -0.2) is 56.3 Å². The molecule has 0 radical (unpaired) electrons. The van der Waals surface area contributed by atoms with E-state index in [-0.39, 0.29) is 24.0 Å². The zero-order valence-corrected chi connectivity index (χ0v) is 17.6. The van der Waals surface area contributed by atoms with E-state index in [0.29, 0.717) is 38.0 Å². The second-order valence-electron chi connectivity index (χ2n) is 8.74. The topological polar surface area (TPSA) is 67.7 Å². The Kier molecular flexibility index (Phi) is 4.40. The Balaban J connectivity index is 1.25. The molecule has 3 saturated heterocycles. The van der Waals surface area contributed by atoms with Gasteiger partial charge in [0.1, 0.15) is 6.10 Å². The molecule has 3 aromatic rings. The largest absolute Gasteiger partial charge is 0.343 e. The van der Waals surface area contributed by atoms with Gasteiger partial charge in [0.25, 0.3) is 5.91 Å². The van der Waals surface area contributed by atoms with E-state index in [1.165, 1.54) is 0 Å². The van der Waals surface area contributed by atoms with Crippen molar-refractivity contribution in [1.82, 2.24) is 19.6 Å². The molecule has 0 N–H and O–H groups in total. The smallest absolute Gasteiger partial charge is 0.254 e. The molecule has 6 rings (SSSR count). The van der Waals surface area contributed by atoms with Crippen molar-refractivity contribution in [2.45, 2.75) is 37.3 Å². The van der Waals surface area contributed by atoms with E-state index >= 15 is 0 Å². The number of aromatic nitrogens is 2. The van der Waals surface area contributed by atoms with Gasteiger partial charge in [-0.1, -0.05) is 42.5 Å². The Labute approximate surface area is 186 Å². The third-order valence-electron chi connectivity index (χ3n) is 6.94. The number of benzene rings is 2. The van der Waals surface area contributed by atoms with Gasteiger partial charge in [0, 0.05) is 30.9 Å². The first-order valence-corrected chi connectivity index (χ1v) is 11.0. The highest BCUT2D eigenvalue weighted by Crippen LogP contribution is 2.50. The number of amides is 2. The molecule has 162 valence electrons. The molecule has 3 fully saturated rings. The molecule has 4 heterocycles. The third-order valence-corrected chi connectivity index (χ3v) is 6.94. The molecule has 0 bridgehead atoms. The number of hydrogen-bond acceptors (Lipinski definition) is 4. The molecule has 3 aliphatic rings. The van der Waals surface area contributed by atoms with E-state index in [1.54, 1.807) is 6.20 Å². The average Bonchev–Trinajstić information content (AvgIpc) is 3.58. The summed E-state index contributed by atoms with van der Waals surface area (Å²) in [5.41, 5.74) is 2.01. The maximum atomic E-state index is 13.5. The van der Waals surface area contributed by atoms with Gasteiger partial charge in [0.2, 0.25) is 5.91 Å². The zero-order valence-electron chi connectivity index (χ0n) is 17.6. The minimum absolute atomic E-state index is 0.0457. The van der Waals surface area contributed by atoms with Gasteiger partial charge in [0.05, 0.1) is 25.6 Å². The van der Waals surface area contributed by atoms with Crippen LogP contribution in [0.1, 0.15) is 40.4 Å². The van der Waals surface area contributed by atoms with Gasteiger partial charge in [-0.05, 0) is 29.3 Å². The Bertz CT molecular complexity index is 1160.